The Labute approximate surface area is 132 Å². The summed E-state index contributed by atoms with van der Waals surface area (Å²) in [6, 6.07) is 14.1. The molecule has 2 aromatic carbocycles. The summed E-state index contributed by atoms with van der Waals surface area (Å²) < 4.78 is 27.2. The van der Waals surface area contributed by atoms with Crippen LogP contribution in [0.25, 0.3) is 0 Å². The lowest BCUT2D eigenvalue weighted by atomic mass is 10.3. The first-order valence-corrected chi connectivity index (χ1v) is 9.30. The summed E-state index contributed by atoms with van der Waals surface area (Å²) in [6.07, 6.45) is 1.96. The Hall–Kier alpha value is -0.980. The summed E-state index contributed by atoms with van der Waals surface area (Å²) in [7, 11) is -1.99. The molecule has 3 nitrogen and oxygen atoms in total. The van der Waals surface area contributed by atoms with Gasteiger partial charge in [0.25, 0.3) is 10.0 Å². The van der Waals surface area contributed by atoms with Crippen molar-refractivity contribution in [2.45, 2.75) is 9.79 Å². The Kier molecular flexibility index (Phi) is 4.78. The van der Waals surface area contributed by atoms with Crippen LogP contribution in [-0.4, -0.2) is 21.7 Å². The Balaban J connectivity index is 2.41. The zero-order valence-corrected chi connectivity index (χ0v) is 14.3. The molecule has 0 aromatic heterocycles. The van der Waals surface area contributed by atoms with E-state index < -0.39 is 10.0 Å². The van der Waals surface area contributed by atoms with Crippen molar-refractivity contribution in [2.24, 2.45) is 0 Å². The highest BCUT2D eigenvalue weighted by Gasteiger charge is 2.22. The molecule has 2 aromatic rings. The molecule has 0 atom stereocenters. The van der Waals surface area contributed by atoms with Crippen LogP contribution >= 0.6 is 27.7 Å². The van der Waals surface area contributed by atoms with Crippen LogP contribution in [0.3, 0.4) is 0 Å². The lowest BCUT2D eigenvalue weighted by Crippen LogP contribution is -2.26. The Morgan fingerprint density at radius 1 is 1.05 bits per heavy atom. The minimum absolute atomic E-state index is 0.286. The molecule has 0 aliphatic carbocycles. The number of benzene rings is 2. The first-order chi connectivity index (χ1) is 9.46. The van der Waals surface area contributed by atoms with Gasteiger partial charge in [0.05, 0.1) is 10.6 Å². The summed E-state index contributed by atoms with van der Waals surface area (Å²) >= 11 is 4.95. The van der Waals surface area contributed by atoms with E-state index in [0.29, 0.717) is 5.69 Å². The van der Waals surface area contributed by atoms with E-state index in [9.17, 15) is 8.42 Å². The number of halogens is 1. The van der Waals surface area contributed by atoms with Gasteiger partial charge in [-0.05, 0) is 58.6 Å². The molecule has 20 heavy (non-hydrogen) atoms. The second kappa shape index (κ2) is 6.20. The molecule has 6 heteroatoms. The number of hydrogen-bond donors (Lipinski definition) is 0. The van der Waals surface area contributed by atoms with Crippen molar-refractivity contribution >= 4 is 43.4 Å². The van der Waals surface area contributed by atoms with Crippen molar-refractivity contribution in [2.75, 3.05) is 17.6 Å². The van der Waals surface area contributed by atoms with Gasteiger partial charge < -0.3 is 0 Å². The van der Waals surface area contributed by atoms with E-state index in [1.807, 2.05) is 36.6 Å². The summed E-state index contributed by atoms with van der Waals surface area (Å²) in [5, 5.41) is 0. The summed E-state index contributed by atoms with van der Waals surface area (Å²) in [4.78, 5) is 1.32. The van der Waals surface area contributed by atoms with E-state index in [1.54, 1.807) is 37.0 Å². The average Bonchev–Trinajstić information content (AvgIpc) is 2.47. The van der Waals surface area contributed by atoms with E-state index in [0.717, 1.165) is 9.37 Å². The normalized spacial score (nSPS) is 11.3. The van der Waals surface area contributed by atoms with E-state index in [-0.39, 0.29) is 4.90 Å². The predicted octanol–water partition coefficient (Wildman–Crippen LogP) is 4.00. The van der Waals surface area contributed by atoms with Crippen LogP contribution in [0.2, 0.25) is 0 Å². The molecule has 0 unspecified atom stereocenters. The second-order valence-corrected chi connectivity index (χ2v) is 7.80. The third-order valence-corrected chi connectivity index (χ3v) is 6.11. The van der Waals surface area contributed by atoms with Gasteiger partial charge in [-0.2, -0.15) is 0 Å². The largest absolute Gasteiger partial charge is 0.268 e. The van der Waals surface area contributed by atoms with Crippen LogP contribution in [0, 0.1) is 0 Å². The molecule has 0 N–H and O–H groups in total. The minimum atomic E-state index is -3.55. The van der Waals surface area contributed by atoms with Crippen LogP contribution in [0.5, 0.6) is 0 Å². The number of nitrogens with zero attached hydrogens (tertiary/aromatic N) is 1. The average molecular weight is 372 g/mol. The topological polar surface area (TPSA) is 37.4 Å². The molecule has 0 aliphatic heterocycles. The number of hydrogen-bond acceptors (Lipinski definition) is 3. The molecular formula is C14H14BrNO2S2. The van der Waals surface area contributed by atoms with Crippen LogP contribution in [0.15, 0.2) is 62.8 Å². The lowest BCUT2D eigenvalue weighted by molar-refractivity contribution is 0.594. The molecule has 0 saturated carbocycles. The van der Waals surface area contributed by atoms with Crippen molar-refractivity contribution in [3.8, 4) is 0 Å². The van der Waals surface area contributed by atoms with E-state index in [4.69, 9.17) is 0 Å². The Morgan fingerprint density at radius 2 is 1.65 bits per heavy atom. The molecule has 0 amide bonds. The fraction of sp³-hybridized carbons (Fsp3) is 0.143. The van der Waals surface area contributed by atoms with Crippen molar-refractivity contribution in [1.82, 2.24) is 0 Å². The molecular weight excluding hydrogens is 358 g/mol. The van der Waals surface area contributed by atoms with Gasteiger partial charge in [0.15, 0.2) is 0 Å². The van der Waals surface area contributed by atoms with Crippen LogP contribution < -0.4 is 4.31 Å². The highest BCUT2D eigenvalue weighted by molar-refractivity contribution is 9.10. The molecule has 2 rings (SSSR count). The minimum Gasteiger partial charge on any atom is -0.268 e. The monoisotopic (exact) mass is 371 g/mol. The third kappa shape index (κ3) is 3.02. The van der Waals surface area contributed by atoms with Crippen LogP contribution in [-0.2, 0) is 10.0 Å². The van der Waals surface area contributed by atoms with Crippen molar-refractivity contribution in [3.05, 3.63) is 53.0 Å². The van der Waals surface area contributed by atoms with E-state index >= 15 is 0 Å². The maximum absolute atomic E-state index is 12.6. The van der Waals surface area contributed by atoms with Gasteiger partial charge in [-0.3, -0.25) is 4.31 Å². The van der Waals surface area contributed by atoms with Gasteiger partial charge in [0.1, 0.15) is 0 Å². The summed E-state index contributed by atoms with van der Waals surface area (Å²) in [5.41, 5.74) is 0.612. The Bertz CT molecular complexity index is 699. The SMILES string of the molecule is CSc1ccc(S(=O)(=O)N(C)c2ccccc2Br)cc1. The standard InChI is InChI=1S/C14H14BrNO2S2/c1-16(14-6-4-3-5-13(14)15)20(17,18)12-9-7-11(19-2)8-10-12/h3-10H,1-2H3. The molecule has 0 saturated heterocycles. The van der Waals surface area contributed by atoms with Crippen LogP contribution in [0.4, 0.5) is 5.69 Å². The predicted molar refractivity (Wildman–Crippen MR) is 88.0 cm³/mol. The van der Waals surface area contributed by atoms with Gasteiger partial charge in [0, 0.05) is 16.4 Å². The first kappa shape index (κ1) is 15.4. The summed E-state index contributed by atoms with van der Waals surface area (Å²) in [5.74, 6) is 0. The van der Waals surface area contributed by atoms with Gasteiger partial charge in [-0.1, -0.05) is 12.1 Å². The fourth-order valence-electron chi connectivity index (χ4n) is 1.74. The molecule has 0 heterocycles. The van der Waals surface area contributed by atoms with E-state index in [1.165, 1.54) is 4.31 Å². The van der Waals surface area contributed by atoms with Crippen molar-refractivity contribution < 1.29 is 8.42 Å². The molecule has 0 fully saturated rings. The maximum atomic E-state index is 12.6. The molecule has 0 radical (unpaired) electrons. The fourth-order valence-corrected chi connectivity index (χ4v) is 4.03. The summed E-state index contributed by atoms with van der Waals surface area (Å²) in [6.45, 7) is 0. The number of thioether (sulfide) groups is 1. The maximum Gasteiger partial charge on any atom is 0.264 e. The van der Waals surface area contributed by atoms with Crippen LogP contribution in [0.1, 0.15) is 0 Å². The van der Waals surface area contributed by atoms with Gasteiger partial charge in [-0.15, -0.1) is 11.8 Å². The quantitative estimate of drug-likeness (QED) is 0.762. The second-order valence-electron chi connectivity index (χ2n) is 4.10. The van der Waals surface area contributed by atoms with Crippen molar-refractivity contribution in [1.29, 1.82) is 0 Å². The highest BCUT2D eigenvalue weighted by Crippen LogP contribution is 2.29. The number of para-hydroxylation sites is 1. The molecule has 0 bridgehead atoms. The van der Waals surface area contributed by atoms with Gasteiger partial charge in [-0.25, -0.2) is 8.42 Å². The number of sulfonamides is 1. The number of anilines is 1. The highest BCUT2D eigenvalue weighted by atomic mass is 79.9. The zero-order valence-electron chi connectivity index (χ0n) is 11.1. The van der Waals surface area contributed by atoms with Gasteiger partial charge in [0.2, 0.25) is 0 Å². The van der Waals surface area contributed by atoms with E-state index in [2.05, 4.69) is 15.9 Å². The Morgan fingerprint density at radius 3 is 2.20 bits per heavy atom. The zero-order chi connectivity index (χ0) is 14.8. The molecule has 106 valence electrons. The van der Waals surface area contributed by atoms with Crippen molar-refractivity contribution in [3.63, 3.8) is 0 Å². The van der Waals surface area contributed by atoms with Gasteiger partial charge >= 0.3 is 0 Å². The smallest absolute Gasteiger partial charge is 0.264 e. The third-order valence-electron chi connectivity index (χ3n) is 2.91. The number of rotatable bonds is 4. The molecule has 0 aliphatic rings. The lowest BCUT2D eigenvalue weighted by Gasteiger charge is -2.20. The first-order valence-electron chi connectivity index (χ1n) is 5.84. The molecule has 0 spiro atoms.